The molecule has 3 aromatic rings. The van der Waals surface area contributed by atoms with Gasteiger partial charge >= 0.3 is 0 Å². The summed E-state index contributed by atoms with van der Waals surface area (Å²) in [5, 5.41) is 4.99. The van der Waals surface area contributed by atoms with Crippen molar-refractivity contribution in [1.29, 1.82) is 0 Å². The van der Waals surface area contributed by atoms with Gasteiger partial charge in [-0.05, 0) is 28.5 Å². The smallest absolute Gasteiger partial charge is 0.258 e. The molecule has 1 saturated heterocycles. The molecule has 2 amide bonds. The molecule has 1 fully saturated rings. The lowest BCUT2D eigenvalue weighted by Crippen LogP contribution is -2.42. The maximum Gasteiger partial charge on any atom is 0.258 e. The molecule has 1 heterocycles. The first-order valence-electron chi connectivity index (χ1n) is 8.13. The first kappa shape index (κ1) is 15.4. The fraction of sp³-hybridized carbons (Fsp3) is 0.100. The standard InChI is InChI=1S/C20H17N3O2/c24-19(14-8-2-1-3-9-14)21-18-17(22-23-20(18)25)16-12-6-10-13-7-4-5-11-15(13)16/h1-12,17-18,22H,(H,21,24)(H,23,25)/t17-,18-/m0/s1. The third kappa shape index (κ3) is 2.86. The van der Waals surface area contributed by atoms with Crippen molar-refractivity contribution < 1.29 is 9.59 Å². The monoisotopic (exact) mass is 331 g/mol. The van der Waals surface area contributed by atoms with E-state index in [0.29, 0.717) is 5.56 Å². The maximum atomic E-state index is 12.5. The Hall–Kier alpha value is -3.18. The second-order valence-electron chi connectivity index (χ2n) is 6.00. The summed E-state index contributed by atoms with van der Waals surface area (Å²) in [5.74, 6) is -0.517. The van der Waals surface area contributed by atoms with Crippen molar-refractivity contribution in [2.75, 3.05) is 0 Å². The summed E-state index contributed by atoms with van der Waals surface area (Å²) in [5.41, 5.74) is 7.14. The van der Waals surface area contributed by atoms with Crippen LogP contribution in [-0.2, 0) is 4.79 Å². The quantitative estimate of drug-likeness (QED) is 0.690. The highest BCUT2D eigenvalue weighted by atomic mass is 16.2. The fourth-order valence-electron chi connectivity index (χ4n) is 3.20. The minimum atomic E-state index is -0.682. The number of hydrogen-bond acceptors (Lipinski definition) is 3. The topological polar surface area (TPSA) is 70.2 Å². The lowest BCUT2D eigenvalue weighted by molar-refractivity contribution is -0.121. The van der Waals surface area contributed by atoms with E-state index in [1.165, 1.54) is 0 Å². The molecule has 0 spiro atoms. The summed E-state index contributed by atoms with van der Waals surface area (Å²) in [6.07, 6.45) is 0. The van der Waals surface area contributed by atoms with Crippen molar-refractivity contribution in [2.45, 2.75) is 12.1 Å². The SMILES string of the molecule is O=C(N[C@@H]1C(=O)NN[C@H]1c1cccc2ccccc12)c1ccccc1. The van der Waals surface area contributed by atoms with Gasteiger partial charge in [0.05, 0.1) is 6.04 Å². The second-order valence-corrected chi connectivity index (χ2v) is 6.00. The predicted molar refractivity (Wildman–Crippen MR) is 95.7 cm³/mol. The van der Waals surface area contributed by atoms with Crippen molar-refractivity contribution in [3.05, 3.63) is 83.9 Å². The van der Waals surface area contributed by atoms with Crippen molar-refractivity contribution in [3.8, 4) is 0 Å². The summed E-state index contributed by atoms with van der Waals surface area (Å²) in [6.45, 7) is 0. The van der Waals surface area contributed by atoms with Crippen molar-refractivity contribution in [3.63, 3.8) is 0 Å². The number of carbonyl (C=O) groups excluding carboxylic acids is 2. The number of benzene rings is 3. The zero-order valence-corrected chi connectivity index (χ0v) is 13.4. The first-order valence-corrected chi connectivity index (χ1v) is 8.13. The predicted octanol–water partition coefficient (Wildman–Crippen LogP) is 2.31. The van der Waals surface area contributed by atoms with Gasteiger partial charge in [0.25, 0.3) is 11.8 Å². The number of carbonyl (C=O) groups is 2. The van der Waals surface area contributed by atoms with Crippen LogP contribution in [0.2, 0.25) is 0 Å². The molecule has 0 unspecified atom stereocenters. The van der Waals surface area contributed by atoms with E-state index in [4.69, 9.17) is 0 Å². The molecule has 0 aromatic heterocycles. The zero-order valence-electron chi connectivity index (χ0n) is 13.4. The molecule has 1 aliphatic heterocycles. The van der Waals surface area contributed by atoms with Crippen LogP contribution in [0.1, 0.15) is 22.0 Å². The van der Waals surface area contributed by atoms with E-state index in [2.05, 4.69) is 16.2 Å². The Balaban J connectivity index is 1.67. The molecule has 124 valence electrons. The number of hydrazine groups is 1. The van der Waals surface area contributed by atoms with E-state index >= 15 is 0 Å². The largest absolute Gasteiger partial charge is 0.338 e. The minimum Gasteiger partial charge on any atom is -0.338 e. The van der Waals surface area contributed by atoms with Gasteiger partial charge in [0.15, 0.2) is 0 Å². The lowest BCUT2D eigenvalue weighted by atomic mass is 9.95. The Bertz CT molecular complexity index is 935. The number of fused-ring (bicyclic) bond motifs is 1. The Kier molecular flexibility index (Phi) is 3.91. The summed E-state index contributed by atoms with van der Waals surface area (Å²) < 4.78 is 0. The molecule has 25 heavy (non-hydrogen) atoms. The summed E-state index contributed by atoms with van der Waals surface area (Å²) >= 11 is 0. The third-order valence-corrected chi connectivity index (χ3v) is 4.45. The van der Waals surface area contributed by atoms with Crippen LogP contribution in [0.3, 0.4) is 0 Å². The van der Waals surface area contributed by atoms with Crippen LogP contribution in [0.25, 0.3) is 10.8 Å². The van der Waals surface area contributed by atoms with Crippen LogP contribution in [0, 0.1) is 0 Å². The molecular formula is C20H17N3O2. The molecule has 1 aliphatic rings. The molecule has 2 atom stereocenters. The van der Waals surface area contributed by atoms with Gasteiger partial charge in [0, 0.05) is 5.56 Å². The number of rotatable bonds is 3. The van der Waals surface area contributed by atoms with Crippen molar-refractivity contribution >= 4 is 22.6 Å². The van der Waals surface area contributed by atoms with E-state index in [-0.39, 0.29) is 17.9 Å². The molecule has 0 radical (unpaired) electrons. The van der Waals surface area contributed by atoms with E-state index in [1.807, 2.05) is 48.5 Å². The van der Waals surface area contributed by atoms with Crippen LogP contribution >= 0.6 is 0 Å². The average molecular weight is 331 g/mol. The number of amides is 2. The molecular weight excluding hydrogens is 314 g/mol. The Morgan fingerprint density at radius 2 is 1.60 bits per heavy atom. The normalized spacial score (nSPS) is 19.6. The highest BCUT2D eigenvalue weighted by molar-refractivity contribution is 5.98. The van der Waals surface area contributed by atoms with Crippen LogP contribution in [0.15, 0.2) is 72.8 Å². The molecule has 5 heteroatoms. The second kappa shape index (κ2) is 6.37. The van der Waals surface area contributed by atoms with Gasteiger partial charge in [-0.1, -0.05) is 60.7 Å². The van der Waals surface area contributed by atoms with Gasteiger partial charge in [-0.25, -0.2) is 5.43 Å². The summed E-state index contributed by atoms with van der Waals surface area (Å²) in [4.78, 5) is 24.7. The Morgan fingerprint density at radius 1 is 0.880 bits per heavy atom. The van der Waals surface area contributed by atoms with E-state index in [9.17, 15) is 9.59 Å². The first-order chi connectivity index (χ1) is 12.2. The van der Waals surface area contributed by atoms with Gasteiger partial charge in [-0.15, -0.1) is 0 Å². The highest BCUT2D eigenvalue weighted by Gasteiger charge is 2.37. The maximum absolute atomic E-state index is 12.5. The van der Waals surface area contributed by atoms with Crippen molar-refractivity contribution in [1.82, 2.24) is 16.2 Å². The van der Waals surface area contributed by atoms with E-state index in [1.54, 1.807) is 24.3 Å². The van der Waals surface area contributed by atoms with E-state index in [0.717, 1.165) is 16.3 Å². The zero-order chi connectivity index (χ0) is 17.2. The fourth-order valence-corrected chi connectivity index (χ4v) is 3.20. The van der Waals surface area contributed by atoms with Crippen LogP contribution in [-0.4, -0.2) is 17.9 Å². The van der Waals surface area contributed by atoms with Gasteiger partial charge in [0.2, 0.25) is 0 Å². The van der Waals surface area contributed by atoms with E-state index < -0.39 is 6.04 Å². The van der Waals surface area contributed by atoms with Gasteiger partial charge in [0.1, 0.15) is 6.04 Å². The average Bonchev–Trinajstić information content (AvgIpc) is 3.02. The highest BCUT2D eigenvalue weighted by Crippen LogP contribution is 2.28. The summed E-state index contributed by atoms with van der Waals surface area (Å²) in [6, 6.07) is 21.8. The third-order valence-electron chi connectivity index (χ3n) is 4.45. The van der Waals surface area contributed by atoms with Gasteiger partial charge in [-0.3, -0.25) is 15.0 Å². The van der Waals surface area contributed by atoms with Crippen LogP contribution in [0.4, 0.5) is 0 Å². The molecule has 5 nitrogen and oxygen atoms in total. The van der Waals surface area contributed by atoms with Gasteiger partial charge in [-0.2, -0.15) is 0 Å². The minimum absolute atomic E-state index is 0.248. The number of hydrogen-bond donors (Lipinski definition) is 3. The van der Waals surface area contributed by atoms with Crippen molar-refractivity contribution in [2.24, 2.45) is 0 Å². The lowest BCUT2D eigenvalue weighted by Gasteiger charge is -2.20. The number of nitrogens with one attached hydrogen (secondary N) is 3. The molecule has 3 N–H and O–H groups in total. The van der Waals surface area contributed by atoms with Crippen LogP contribution < -0.4 is 16.2 Å². The van der Waals surface area contributed by atoms with Gasteiger partial charge < -0.3 is 5.32 Å². The Morgan fingerprint density at radius 3 is 2.44 bits per heavy atom. The van der Waals surface area contributed by atoms with Crippen LogP contribution in [0.5, 0.6) is 0 Å². The summed E-state index contributed by atoms with van der Waals surface area (Å²) in [7, 11) is 0. The molecule has 0 saturated carbocycles. The Labute approximate surface area is 145 Å². The molecule has 3 aromatic carbocycles. The molecule has 0 bridgehead atoms. The molecule has 0 aliphatic carbocycles. The molecule has 4 rings (SSSR count).